The van der Waals surface area contributed by atoms with Crippen molar-refractivity contribution < 1.29 is 9.47 Å². The Hall–Kier alpha value is -3.52. The van der Waals surface area contributed by atoms with Gasteiger partial charge in [0.25, 0.3) is 0 Å². The van der Waals surface area contributed by atoms with Crippen LogP contribution in [-0.2, 0) is 13.0 Å². The van der Waals surface area contributed by atoms with Crippen LogP contribution < -0.4 is 15.0 Å². The van der Waals surface area contributed by atoms with Crippen LogP contribution in [0.25, 0.3) is 22.4 Å². The summed E-state index contributed by atoms with van der Waals surface area (Å²) in [6.45, 7) is 4.01. The summed E-state index contributed by atoms with van der Waals surface area (Å²) in [5, 5.41) is 18.5. The van der Waals surface area contributed by atoms with Crippen LogP contribution in [0.1, 0.15) is 23.1 Å². The summed E-state index contributed by atoms with van der Waals surface area (Å²) in [5.74, 6) is 1.55. The number of fused-ring (bicyclic) bond motifs is 4. The Morgan fingerprint density at radius 3 is 2.45 bits per heavy atom. The van der Waals surface area contributed by atoms with Gasteiger partial charge < -0.3 is 14.0 Å². The van der Waals surface area contributed by atoms with Crippen molar-refractivity contribution in [2.24, 2.45) is 0 Å². The molecule has 2 aliphatic rings. The molecule has 3 aromatic rings. The molecule has 0 fully saturated rings. The van der Waals surface area contributed by atoms with Crippen LogP contribution in [0.3, 0.4) is 0 Å². The highest BCUT2D eigenvalue weighted by atomic mass is 16.5. The highest BCUT2D eigenvalue weighted by Crippen LogP contribution is 2.40. The van der Waals surface area contributed by atoms with Gasteiger partial charge >= 0.3 is 0 Å². The standard InChI is InChI=1S/C24H21N3O2/c1-15-3-5-16(6-4-15)18-12-21-19-13-23-22(28-9-2-10-29-23)11-17(19)7-8-27(21)24(26)20(18)14-25/h3-6,11-13,26H,2,7-10H2,1H3. The molecule has 0 unspecified atom stereocenters. The van der Waals surface area contributed by atoms with E-state index in [1.54, 1.807) is 0 Å². The highest BCUT2D eigenvalue weighted by molar-refractivity contribution is 5.78. The van der Waals surface area contributed by atoms with E-state index in [9.17, 15) is 5.26 Å². The molecule has 29 heavy (non-hydrogen) atoms. The van der Waals surface area contributed by atoms with E-state index in [0.717, 1.165) is 52.3 Å². The average Bonchev–Trinajstić information content (AvgIpc) is 2.97. The van der Waals surface area contributed by atoms with E-state index in [2.05, 4.69) is 12.1 Å². The van der Waals surface area contributed by atoms with E-state index in [0.29, 0.717) is 25.3 Å². The Morgan fingerprint density at radius 1 is 1.00 bits per heavy atom. The number of nitrogens with zero attached hydrogens (tertiary/aromatic N) is 2. The van der Waals surface area contributed by atoms with Crippen molar-refractivity contribution in [2.75, 3.05) is 13.2 Å². The molecule has 0 atom stereocenters. The third-order valence-electron chi connectivity index (χ3n) is 5.68. The Balaban J connectivity index is 1.75. The second-order valence-electron chi connectivity index (χ2n) is 7.55. The Bertz CT molecular complexity index is 1220. The normalized spacial score (nSPS) is 14.3. The Labute approximate surface area is 169 Å². The number of aryl methyl sites for hydroxylation is 2. The van der Waals surface area contributed by atoms with Gasteiger partial charge in [-0.2, -0.15) is 5.26 Å². The fourth-order valence-corrected chi connectivity index (χ4v) is 4.13. The number of pyridine rings is 1. The molecule has 1 aromatic heterocycles. The van der Waals surface area contributed by atoms with Crippen molar-refractivity contribution in [1.29, 1.82) is 10.7 Å². The summed E-state index contributed by atoms with van der Waals surface area (Å²) in [6.07, 6.45) is 1.66. The first-order valence-corrected chi connectivity index (χ1v) is 9.88. The molecule has 5 nitrogen and oxygen atoms in total. The molecule has 144 valence electrons. The van der Waals surface area contributed by atoms with E-state index in [-0.39, 0.29) is 5.49 Å². The van der Waals surface area contributed by atoms with Gasteiger partial charge in [0.1, 0.15) is 17.1 Å². The van der Waals surface area contributed by atoms with Crippen LogP contribution in [0, 0.1) is 23.7 Å². The predicted molar refractivity (Wildman–Crippen MR) is 110 cm³/mol. The summed E-state index contributed by atoms with van der Waals surface area (Å²) < 4.78 is 13.7. The van der Waals surface area contributed by atoms with Gasteiger partial charge in [0.15, 0.2) is 11.5 Å². The topological polar surface area (TPSA) is 71.0 Å². The fourth-order valence-electron chi connectivity index (χ4n) is 4.13. The van der Waals surface area contributed by atoms with Gasteiger partial charge in [-0.3, -0.25) is 5.41 Å². The van der Waals surface area contributed by atoms with Crippen LogP contribution in [0.5, 0.6) is 11.5 Å². The first-order chi connectivity index (χ1) is 14.2. The van der Waals surface area contributed by atoms with Crippen LogP contribution in [-0.4, -0.2) is 17.8 Å². The fraction of sp³-hybridized carbons (Fsp3) is 0.250. The van der Waals surface area contributed by atoms with Crippen LogP contribution in [0.15, 0.2) is 42.5 Å². The molecule has 0 spiro atoms. The number of hydrogen-bond donors (Lipinski definition) is 1. The smallest absolute Gasteiger partial charge is 0.161 e. The molecule has 5 rings (SSSR count). The molecule has 5 heteroatoms. The van der Waals surface area contributed by atoms with E-state index in [1.807, 2.05) is 47.9 Å². The number of benzene rings is 2. The van der Waals surface area contributed by atoms with Gasteiger partial charge in [0, 0.05) is 24.1 Å². The lowest BCUT2D eigenvalue weighted by Crippen LogP contribution is -2.28. The first-order valence-electron chi connectivity index (χ1n) is 9.88. The molecule has 0 saturated heterocycles. The minimum absolute atomic E-state index is 0.262. The molecule has 0 saturated carbocycles. The zero-order valence-corrected chi connectivity index (χ0v) is 16.3. The van der Waals surface area contributed by atoms with Gasteiger partial charge in [-0.1, -0.05) is 29.8 Å². The number of aromatic nitrogens is 1. The summed E-state index contributed by atoms with van der Waals surface area (Å²) in [4.78, 5) is 0. The van der Waals surface area contributed by atoms with Crippen LogP contribution >= 0.6 is 0 Å². The van der Waals surface area contributed by atoms with Crippen LogP contribution in [0.4, 0.5) is 0 Å². The monoisotopic (exact) mass is 383 g/mol. The van der Waals surface area contributed by atoms with Gasteiger partial charge in [0.05, 0.1) is 18.9 Å². The van der Waals surface area contributed by atoms with Crippen molar-refractivity contribution >= 4 is 0 Å². The minimum Gasteiger partial charge on any atom is -0.490 e. The molecule has 0 aliphatic carbocycles. The van der Waals surface area contributed by atoms with E-state index >= 15 is 0 Å². The maximum Gasteiger partial charge on any atom is 0.161 e. The second-order valence-corrected chi connectivity index (χ2v) is 7.55. The number of nitrogens with one attached hydrogen (secondary N) is 1. The summed E-state index contributed by atoms with van der Waals surface area (Å²) in [5.41, 5.74) is 6.76. The zero-order chi connectivity index (χ0) is 20.0. The third kappa shape index (κ3) is 2.89. The Kier molecular flexibility index (Phi) is 4.13. The van der Waals surface area contributed by atoms with Gasteiger partial charge in [0.2, 0.25) is 0 Å². The SMILES string of the molecule is Cc1ccc(-c2cc3n(c(=N)c2C#N)CCc2cc4c(cc2-3)OCCCO4)cc1. The molecular weight excluding hydrogens is 362 g/mol. The molecular formula is C24H21N3O2. The third-order valence-corrected chi connectivity index (χ3v) is 5.68. The maximum atomic E-state index is 9.78. The highest BCUT2D eigenvalue weighted by Gasteiger charge is 2.23. The summed E-state index contributed by atoms with van der Waals surface area (Å²) >= 11 is 0. The molecule has 2 aromatic carbocycles. The molecule has 2 aliphatic heterocycles. The zero-order valence-electron chi connectivity index (χ0n) is 16.3. The lowest BCUT2D eigenvalue weighted by molar-refractivity contribution is 0.297. The van der Waals surface area contributed by atoms with Gasteiger partial charge in [-0.25, -0.2) is 0 Å². The quantitative estimate of drug-likeness (QED) is 0.685. The van der Waals surface area contributed by atoms with E-state index in [4.69, 9.17) is 14.9 Å². The van der Waals surface area contributed by atoms with Crippen molar-refractivity contribution in [3.63, 3.8) is 0 Å². The largest absolute Gasteiger partial charge is 0.490 e. The van der Waals surface area contributed by atoms with E-state index < -0.39 is 0 Å². The van der Waals surface area contributed by atoms with Crippen molar-refractivity contribution in [2.45, 2.75) is 26.3 Å². The second kappa shape index (κ2) is 6.82. The minimum atomic E-state index is 0.262. The van der Waals surface area contributed by atoms with Gasteiger partial charge in [-0.15, -0.1) is 0 Å². The molecule has 3 heterocycles. The van der Waals surface area contributed by atoms with Crippen LogP contribution in [0.2, 0.25) is 0 Å². The molecule has 0 amide bonds. The van der Waals surface area contributed by atoms with Gasteiger partial charge in [-0.05, 0) is 42.7 Å². The molecule has 0 radical (unpaired) electrons. The molecule has 0 bridgehead atoms. The first kappa shape index (κ1) is 17.6. The summed E-state index contributed by atoms with van der Waals surface area (Å²) in [6, 6.07) is 16.5. The van der Waals surface area contributed by atoms with Crippen molar-refractivity contribution in [3.8, 4) is 40.0 Å². The van der Waals surface area contributed by atoms with Crippen molar-refractivity contribution in [1.82, 2.24) is 4.57 Å². The summed E-state index contributed by atoms with van der Waals surface area (Å²) in [7, 11) is 0. The molecule has 1 N–H and O–H groups in total. The lowest BCUT2D eigenvalue weighted by Gasteiger charge is -2.25. The van der Waals surface area contributed by atoms with E-state index in [1.165, 1.54) is 5.56 Å². The number of rotatable bonds is 1. The number of hydrogen-bond acceptors (Lipinski definition) is 4. The number of ether oxygens (including phenoxy) is 2. The number of nitriles is 1. The van der Waals surface area contributed by atoms with Crippen molar-refractivity contribution in [3.05, 3.63) is 64.6 Å². The predicted octanol–water partition coefficient (Wildman–Crippen LogP) is 4.20. The lowest BCUT2D eigenvalue weighted by atomic mass is 9.92. The average molecular weight is 383 g/mol. The Morgan fingerprint density at radius 2 is 1.72 bits per heavy atom. The maximum absolute atomic E-state index is 9.78.